The summed E-state index contributed by atoms with van der Waals surface area (Å²) < 4.78 is 10.9. The zero-order valence-corrected chi connectivity index (χ0v) is 10.0. The van der Waals surface area contributed by atoms with Gasteiger partial charge >= 0.3 is 5.91 Å². The maximum Gasteiger partial charge on any atom is 0.316 e. The monoisotopic (exact) mass is 249 g/mol. The molecule has 1 aliphatic heterocycles. The first-order valence-electron chi connectivity index (χ1n) is 5.98. The summed E-state index contributed by atoms with van der Waals surface area (Å²) in [5.74, 6) is 0.310. The van der Waals surface area contributed by atoms with E-state index in [2.05, 4.69) is 5.18 Å². The number of hydrogen-bond donors (Lipinski definition) is 0. The largest absolute Gasteiger partial charge is 0.493 e. The average molecular weight is 249 g/mol. The van der Waals surface area contributed by atoms with Crippen LogP contribution in [0.25, 0.3) is 0 Å². The van der Waals surface area contributed by atoms with Crippen LogP contribution in [0.5, 0.6) is 5.75 Å². The van der Waals surface area contributed by atoms with E-state index in [1.807, 2.05) is 0 Å². The highest BCUT2D eigenvalue weighted by molar-refractivity contribution is 5.95. The van der Waals surface area contributed by atoms with Gasteiger partial charge in [-0.3, -0.25) is 4.79 Å². The Morgan fingerprint density at radius 2 is 2.17 bits per heavy atom. The fourth-order valence-corrected chi connectivity index (χ4v) is 1.90. The number of hydrogen-bond acceptors (Lipinski definition) is 4. The first-order chi connectivity index (χ1) is 8.79. The number of rotatable bonds is 4. The molecule has 2 rings (SSSR count). The van der Waals surface area contributed by atoms with Gasteiger partial charge in [0.2, 0.25) is 0 Å². The van der Waals surface area contributed by atoms with Crippen molar-refractivity contribution in [3.63, 3.8) is 0 Å². The molecule has 1 aromatic rings. The Bertz CT molecular complexity index is 427. The first kappa shape index (κ1) is 12.7. The van der Waals surface area contributed by atoms with Crippen molar-refractivity contribution >= 4 is 5.91 Å². The lowest BCUT2D eigenvalue weighted by Gasteiger charge is -2.22. The van der Waals surface area contributed by atoms with Gasteiger partial charge in [0.25, 0.3) is 0 Å². The van der Waals surface area contributed by atoms with Crippen LogP contribution in [0.3, 0.4) is 0 Å². The van der Waals surface area contributed by atoms with E-state index in [1.165, 1.54) is 0 Å². The molecule has 96 valence electrons. The Labute approximate surface area is 105 Å². The van der Waals surface area contributed by atoms with Crippen LogP contribution in [0.15, 0.2) is 29.4 Å². The van der Waals surface area contributed by atoms with Crippen molar-refractivity contribution in [1.29, 1.82) is 0 Å². The number of benzene rings is 1. The number of carbonyl (C=O) groups is 1. The Balaban J connectivity index is 1.92. The Kier molecular flexibility index (Phi) is 4.41. The minimum atomic E-state index is -0.772. The molecule has 0 bridgehead atoms. The number of nitroso groups, excluding NO2 is 1. The fourth-order valence-electron chi connectivity index (χ4n) is 1.90. The van der Waals surface area contributed by atoms with Crippen LogP contribution in [0.2, 0.25) is 0 Å². The molecule has 0 aliphatic carbocycles. The molecule has 0 unspecified atom stereocenters. The van der Waals surface area contributed by atoms with E-state index in [1.54, 1.807) is 24.3 Å². The van der Waals surface area contributed by atoms with Gasteiger partial charge in [-0.05, 0) is 37.0 Å². The molecule has 1 saturated heterocycles. The van der Waals surface area contributed by atoms with Gasteiger partial charge in [0.1, 0.15) is 5.75 Å². The molecule has 0 atom stereocenters. The number of amides is 1. The molecule has 1 amide bonds. The molecule has 5 heteroatoms. The molecular weight excluding hydrogens is 234 g/mol. The van der Waals surface area contributed by atoms with Gasteiger partial charge in [-0.1, -0.05) is 6.07 Å². The second kappa shape index (κ2) is 6.26. The van der Waals surface area contributed by atoms with Gasteiger partial charge in [0, 0.05) is 24.0 Å². The molecule has 18 heavy (non-hydrogen) atoms. The van der Waals surface area contributed by atoms with Crippen molar-refractivity contribution in [1.82, 2.24) is 0 Å². The van der Waals surface area contributed by atoms with Gasteiger partial charge < -0.3 is 9.47 Å². The fraction of sp³-hybridized carbons (Fsp3) is 0.462. The normalized spacial score (nSPS) is 16.2. The summed E-state index contributed by atoms with van der Waals surface area (Å²) in [6.07, 6.45) is 1.99. The van der Waals surface area contributed by atoms with Gasteiger partial charge in [0.05, 0.1) is 6.61 Å². The van der Waals surface area contributed by atoms with Crippen LogP contribution in [-0.2, 0) is 4.74 Å². The van der Waals surface area contributed by atoms with Gasteiger partial charge in [-0.25, -0.2) is 0 Å². The number of carbonyl (C=O) groups excluding carboxylic acids is 1. The maximum atomic E-state index is 11.1. The summed E-state index contributed by atoms with van der Waals surface area (Å²) >= 11 is 0. The molecule has 1 fully saturated rings. The third-order valence-corrected chi connectivity index (χ3v) is 2.99. The standard InChI is InChI=1S/C13H15NO4/c15-13(14-16)11-2-1-3-12(8-11)18-9-10-4-6-17-7-5-10/h1-3,8,10H,4-7,9H2. The van der Waals surface area contributed by atoms with E-state index in [0.29, 0.717) is 18.3 Å². The van der Waals surface area contributed by atoms with Crippen molar-refractivity contribution in [3.05, 3.63) is 34.7 Å². The summed E-state index contributed by atoms with van der Waals surface area (Å²) in [5.41, 5.74) is 0.259. The smallest absolute Gasteiger partial charge is 0.316 e. The van der Waals surface area contributed by atoms with Crippen molar-refractivity contribution in [2.24, 2.45) is 11.1 Å². The van der Waals surface area contributed by atoms with E-state index < -0.39 is 5.91 Å². The lowest BCUT2D eigenvalue weighted by atomic mass is 10.0. The highest BCUT2D eigenvalue weighted by Crippen LogP contribution is 2.19. The third kappa shape index (κ3) is 3.37. The van der Waals surface area contributed by atoms with Crippen LogP contribution in [-0.4, -0.2) is 25.7 Å². The Morgan fingerprint density at radius 3 is 2.89 bits per heavy atom. The van der Waals surface area contributed by atoms with Gasteiger partial charge in [-0.15, -0.1) is 4.91 Å². The highest BCUT2D eigenvalue weighted by Gasteiger charge is 2.14. The predicted molar refractivity (Wildman–Crippen MR) is 65.6 cm³/mol. The van der Waals surface area contributed by atoms with E-state index in [9.17, 15) is 9.70 Å². The van der Waals surface area contributed by atoms with Gasteiger partial charge in [-0.2, -0.15) is 0 Å². The summed E-state index contributed by atoms with van der Waals surface area (Å²) in [6.45, 7) is 2.17. The summed E-state index contributed by atoms with van der Waals surface area (Å²) in [4.78, 5) is 21.3. The van der Waals surface area contributed by atoms with Crippen molar-refractivity contribution < 1.29 is 14.3 Å². The second-order valence-corrected chi connectivity index (χ2v) is 4.29. The van der Waals surface area contributed by atoms with Crippen LogP contribution in [0.4, 0.5) is 0 Å². The lowest BCUT2D eigenvalue weighted by molar-refractivity contribution is 0.0497. The van der Waals surface area contributed by atoms with Gasteiger partial charge in [0.15, 0.2) is 0 Å². The average Bonchev–Trinajstić information content (AvgIpc) is 2.45. The molecule has 1 heterocycles. The van der Waals surface area contributed by atoms with E-state index in [-0.39, 0.29) is 5.56 Å². The van der Waals surface area contributed by atoms with Crippen LogP contribution < -0.4 is 4.74 Å². The summed E-state index contributed by atoms with van der Waals surface area (Å²) in [7, 11) is 0. The number of ether oxygens (including phenoxy) is 2. The molecule has 0 spiro atoms. The Morgan fingerprint density at radius 1 is 1.39 bits per heavy atom. The SMILES string of the molecule is O=NC(=O)c1cccc(OCC2CCOCC2)c1. The van der Waals surface area contributed by atoms with Crippen molar-refractivity contribution in [2.45, 2.75) is 12.8 Å². The summed E-state index contributed by atoms with van der Waals surface area (Å²) in [6, 6.07) is 6.53. The molecule has 5 nitrogen and oxygen atoms in total. The topological polar surface area (TPSA) is 65.0 Å². The molecule has 0 saturated carbocycles. The quantitative estimate of drug-likeness (QED) is 0.768. The molecule has 1 aromatic carbocycles. The molecule has 0 aromatic heterocycles. The van der Waals surface area contributed by atoms with E-state index >= 15 is 0 Å². The highest BCUT2D eigenvalue weighted by atomic mass is 16.5. The van der Waals surface area contributed by atoms with E-state index in [4.69, 9.17) is 9.47 Å². The minimum Gasteiger partial charge on any atom is -0.493 e. The predicted octanol–water partition coefficient (Wildman–Crippen LogP) is 2.40. The van der Waals surface area contributed by atoms with E-state index in [0.717, 1.165) is 26.1 Å². The zero-order chi connectivity index (χ0) is 12.8. The van der Waals surface area contributed by atoms with Crippen LogP contribution in [0.1, 0.15) is 23.2 Å². The Hall–Kier alpha value is -1.75. The molecular formula is C13H15NO4. The molecule has 0 N–H and O–H groups in total. The lowest BCUT2D eigenvalue weighted by Crippen LogP contribution is -2.21. The second-order valence-electron chi connectivity index (χ2n) is 4.29. The minimum absolute atomic E-state index is 0.259. The molecule has 1 aliphatic rings. The van der Waals surface area contributed by atoms with Crippen molar-refractivity contribution in [2.75, 3.05) is 19.8 Å². The summed E-state index contributed by atoms with van der Waals surface area (Å²) in [5, 5.41) is 2.39. The number of nitrogens with zero attached hydrogens (tertiary/aromatic N) is 1. The third-order valence-electron chi connectivity index (χ3n) is 2.99. The van der Waals surface area contributed by atoms with Crippen LogP contribution >= 0.6 is 0 Å². The van der Waals surface area contributed by atoms with Crippen molar-refractivity contribution in [3.8, 4) is 5.75 Å². The molecule has 0 radical (unpaired) electrons. The van der Waals surface area contributed by atoms with Crippen LogP contribution in [0, 0.1) is 10.8 Å². The first-order valence-corrected chi connectivity index (χ1v) is 5.98. The zero-order valence-electron chi connectivity index (χ0n) is 10.0. The maximum absolute atomic E-state index is 11.1.